The third kappa shape index (κ3) is 4.83. The van der Waals surface area contributed by atoms with Crippen LogP contribution in [0.1, 0.15) is 15.9 Å². The fourth-order valence-corrected chi connectivity index (χ4v) is 1.84. The number of hydrogen-bond donors (Lipinski definition) is 1. The molecule has 1 N–H and O–H groups in total. The summed E-state index contributed by atoms with van der Waals surface area (Å²) in [5, 5.41) is 2.18. The van der Waals surface area contributed by atoms with E-state index in [1.807, 2.05) is 0 Å². The summed E-state index contributed by atoms with van der Waals surface area (Å²) in [6.07, 6.45) is -4.68. The summed E-state index contributed by atoms with van der Waals surface area (Å²) in [6, 6.07) is 1.53. The third-order valence-corrected chi connectivity index (χ3v) is 3.39. The molecule has 0 saturated carbocycles. The third-order valence-electron chi connectivity index (χ3n) is 2.44. The van der Waals surface area contributed by atoms with E-state index in [-0.39, 0.29) is 6.54 Å². The van der Waals surface area contributed by atoms with E-state index in [1.54, 1.807) is 22.6 Å². The molecule has 0 aromatic heterocycles. The number of carbonyl (C=O) groups is 2. The Balaban J connectivity index is 2.85. The highest BCUT2D eigenvalue weighted by Crippen LogP contribution is 2.30. The van der Waals surface area contributed by atoms with Gasteiger partial charge in [0.15, 0.2) is 0 Å². The van der Waals surface area contributed by atoms with Gasteiger partial charge in [-0.2, -0.15) is 13.2 Å². The lowest BCUT2D eigenvalue weighted by molar-refractivity contribution is -0.139. The molecular formula is C12H10F4INO3. The van der Waals surface area contributed by atoms with Gasteiger partial charge in [-0.1, -0.05) is 22.6 Å². The van der Waals surface area contributed by atoms with E-state index in [9.17, 15) is 27.2 Å². The number of benzene rings is 1. The first kappa shape index (κ1) is 17.7. The monoisotopic (exact) mass is 419 g/mol. The second-order valence-electron chi connectivity index (χ2n) is 3.89. The van der Waals surface area contributed by atoms with Gasteiger partial charge in [-0.15, -0.1) is 0 Å². The first-order valence-electron chi connectivity index (χ1n) is 5.53. The Morgan fingerprint density at radius 3 is 2.52 bits per heavy atom. The van der Waals surface area contributed by atoms with E-state index in [4.69, 9.17) is 0 Å². The van der Waals surface area contributed by atoms with Crippen LogP contribution in [0, 0.1) is 5.82 Å². The molecular weight excluding hydrogens is 409 g/mol. The van der Waals surface area contributed by atoms with Crippen LogP contribution in [-0.2, 0) is 15.7 Å². The fourth-order valence-electron chi connectivity index (χ4n) is 1.36. The van der Waals surface area contributed by atoms with E-state index in [1.165, 1.54) is 0 Å². The largest absolute Gasteiger partial charge is 0.468 e. The van der Waals surface area contributed by atoms with Crippen molar-refractivity contribution in [1.29, 1.82) is 0 Å². The van der Waals surface area contributed by atoms with Crippen molar-refractivity contribution in [3.63, 3.8) is 0 Å². The first-order chi connectivity index (χ1) is 9.66. The zero-order chi connectivity index (χ0) is 16.2. The molecule has 21 heavy (non-hydrogen) atoms. The highest BCUT2D eigenvalue weighted by atomic mass is 127. The van der Waals surface area contributed by atoms with Crippen molar-refractivity contribution in [1.82, 2.24) is 5.32 Å². The van der Waals surface area contributed by atoms with Gasteiger partial charge >= 0.3 is 12.1 Å². The van der Waals surface area contributed by atoms with Gasteiger partial charge in [-0.25, -0.2) is 4.39 Å². The quantitative estimate of drug-likeness (QED) is 0.354. The maximum absolute atomic E-state index is 13.4. The topological polar surface area (TPSA) is 55.4 Å². The Labute approximate surface area is 131 Å². The molecule has 0 bridgehead atoms. The molecule has 0 saturated heterocycles. The molecule has 1 amide bonds. The summed E-state index contributed by atoms with van der Waals surface area (Å²) < 4.78 is 54.7. The van der Waals surface area contributed by atoms with Gasteiger partial charge < -0.3 is 10.1 Å². The zero-order valence-corrected chi connectivity index (χ0v) is 12.8. The molecule has 0 heterocycles. The van der Waals surface area contributed by atoms with Crippen LogP contribution in [0.2, 0.25) is 0 Å². The van der Waals surface area contributed by atoms with Crippen LogP contribution in [-0.4, -0.2) is 29.5 Å². The zero-order valence-electron chi connectivity index (χ0n) is 10.6. The summed E-state index contributed by atoms with van der Waals surface area (Å²) >= 11 is 1.69. The van der Waals surface area contributed by atoms with Crippen molar-refractivity contribution in [2.45, 2.75) is 10.1 Å². The number of methoxy groups -OCH3 is 1. The van der Waals surface area contributed by atoms with Crippen LogP contribution in [0.4, 0.5) is 17.6 Å². The first-order valence-corrected chi connectivity index (χ1v) is 6.78. The van der Waals surface area contributed by atoms with E-state index in [0.29, 0.717) is 18.2 Å². The van der Waals surface area contributed by atoms with Crippen LogP contribution < -0.4 is 5.32 Å². The fraction of sp³-hybridized carbons (Fsp3) is 0.333. The summed E-state index contributed by atoms with van der Waals surface area (Å²) in [5.74, 6) is -2.73. The Hall–Kier alpha value is -1.39. The Morgan fingerprint density at radius 1 is 1.38 bits per heavy atom. The van der Waals surface area contributed by atoms with Crippen molar-refractivity contribution >= 4 is 34.5 Å². The van der Waals surface area contributed by atoms with Gasteiger partial charge in [0.1, 0.15) is 9.74 Å². The minimum Gasteiger partial charge on any atom is -0.468 e. The number of carbonyl (C=O) groups excluding carboxylic acids is 2. The molecule has 116 valence electrons. The maximum Gasteiger partial charge on any atom is 0.416 e. The number of ether oxygens (including phenoxy) is 1. The average Bonchev–Trinajstić information content (AvgIpc) is 2.42. The lowest BCUT2D eigenvalue weighted by Crippen LogP contribution is -2.34. The summed E-state index contributed by atoms with van der Waals surface area (Å²) in [6.45, 7) is -0.193. The van der Waals surface area contributed by atoms with Crippen molar-refractivity contribution < 1.29 is 31.9 Å². The van der Waals surface area contributed by atoms with E-state index in [2.05, 4.69) is 10.1 Å². The Kier molecular flexibility index (Phi) is 5.93. The number of hydrogen-bond acceptors (Lipinski definition) is 3. The SMILES string of the molecule is COC(=O)C(I)CNC(=O)c1cc(C(F)(F)F)ccc1F. The molecule has 1 aromatic carbocycles. The summed E-state index contributed by atoms with van der Waals surface area (Å²) in [4.78, 5) is 22.8. The van der Waals surface area contributed by atoms with Gasteiger partial charge in [0, 0.05) is 6.54 Å². The lowest BCUT2D eigenvalue weighted by atomic mass is 10.1. The number of esters is 1. The number of nitrogens with one attached hydrogen (secondary N) is 1. The van der Waals surface area contributed by atoms with E-state index in [0.717, 1.165) is 7.11 Å². The smallest absolute Gasteiger partial charge is 0.416 e. The van der Waals surface area contributed by atoms with Gasteiger partial charge in [0.2, 0.25) is 0 Å². The molecule has 0 spiro atoms. The van der Waals surface area contributed by atoms with Crippen LogP contribution in [0.25, 0.3) is 0 Å². The molecule has 1 unspecified atom stereocenters. The van der Waals surface area contributed by atoms with Crippen molar-refractivity contribution in [2.24, 2.45) is 0 Å². The minimum absolute atomic E-state index is 0.193. The number of halogens is 5. The van der Waals surface area contributed by atoms with Crippen LogP contribution in [0.15, 0.2) is 18.2 Å². The minimum atomic E-state index is -4.68. The molecule has 1 rings (SSSR count). The normalized spacial score (nSPS) is 12.7. The second-order valence-corrected chi connectivity index (χ2v) is 5.40. The van der Waals surface area contributed by atoms with Gasteiger partial charge in [-0.05, 0) is 18.2 Å². The van der Waals surface area contributed by atoms with Gasteiger partial charge in [0.25, 0.3) is 5.91 Å². The highest BCUT2D eigenvalue weighted by Gasteiger charge is 2.32. The Morgan fingerprint density at radius 2 is 2.00 bits per heavy atom. The Bertz CT molecular complexity index is 548. The predicted octanol–water partition coefficient (Wildman–Crippen LogP) is 2.55. The van der Waals surface area contributed by atoms with Crippen molar-refractivity contribution in [2.75, 3.05) is 13.7 Å². The molecule has 0 fully saturated rings. The number of rotatable bonds is 4. The molecule has 0 aliphatic heterocycles. The van der Waals surface area contributed by atoms with E-state index >= 15 is 0 Å². The summed E-state index contributed by atoms with van der Waals surface area (Å²) in [7, 11) is 1.16. The molecule has 1 aromatic rings. The van der Waals surface area contributed by atoms with Gasteiger partial charge in [0.05, 0.1) is 18.2 Å². The predicted molar refractivity (Wildman–Crippen MR) is 73.6 cm³/mol. The van der Waals surface area contributed by atoms with Gasteiger partial charge in [-0.3, -0.25) is 9.59 Å². The molecule has 0 aliphatic carbocycles. The molecule has 1 atom stereocenters. The molecule has 9 heteroatoms. The van der Waals surface area contributed by atoms with Crippen molar-refractivity contribution in [3.05, 3.63) is 35.1 Å². The van der Waals surface area contributed by atoms with Crippen LogP contribution in [0.3, 0.4) is 0 Å². The van der Waals surface area contributed by atoms with Crippen LogP contribution in [0.5, 0.6) is 0 Å². The molecule has 0 radical (unpaired) electrons. The molecule has 4 nitrogen and oxygen atoms in total. The van der Waals surface area contributed by atoms with E-state index < -0.39 is 38.9 Å². The maximum atomic E-state index is 13.4. The number of alkyl halides is 4. The standard InChI is InChI=1S/C12H10F4INO3/c1-21-11(20)9(17)5-18-10(19)7-4-6(12(14,15)16)2-3-8(7)13/h2-4,9H,5H2,1H3,(H,18,19). The molecule has 0 aliphatic rings. The highest BCUT2D eigenvalue weighted by molar-refractivity contribution is 14.1. The van der Waals surface area contributed by atoms with Crippen LogP contribution >= 0.6 is 22.6 Å². The summed E-state index contributed by atoms with van der Waals surface area (Å²) in [5.41, 5.74) is -1.87. The second kappa shape index (κ2) is 7.05. The lowest BCUT2D eigenvalue weighted by Gasteiger charge is -2.12. The number of amides is 1. The van der Waals surface area contributed by atoms with Crippen molar-refractivity contribution in [3.8, 4) is 0 Å². The average molecular weight is 419 g/mol.